The van der Waals surface area contributed by atoms with Gasteiger partial charge in [-0.05, 0) is 34.1 Å². The summed E-state index contributed by atoms with van der Waals surface area (Å²) in [7, 11) is 0. The van der Waals surface area contributed by atoms with E-state index in [-0.39, 0.29) is 5.95 Å². The van der Waals surface area contributed by atoms with E-state index in [1.54, 1.807) is 12.3 Å². The van der Waals surface area contributed by atoms with Gasteiger partial charge in [0, 0.05) is 16.7 Å². The molecule has 82 valence electrons. The van der Waals surface area contributed by atoms with Crippen LogP contribution in [-0.4, -0.2) is 9.97 Å². The van der Waals surface area contributed by atoms with Gasteiger partial charge in [-0.2, -0.15) is 4.98 Å². The van der Waals surface area contributed by atoms with E-state index in [0.717, 1.165) is 8.95 Å². The number of benzene rings is 1. The number of hydrogen-bond donors (Lipinski definition) is 1. The maximum absolute atomic E-state index is 5.55. The van der Waals surface area contributed by atoms with Gasteiger partial charge in [0.2, 0.25) is 11.8 Å². The van der Waals surface area contributed by atoms with Gasteiger partial charge in [-0.15, -0.1) is 0 Å². The summed E-state index contributed by atoms with van der Waals surface area (Å²) < 4.78 is 7.35. The number of rotatable bonds is 2. The van der Waals surface area contributed by atoms with Crippen LogP contribution in [0.25, 0.3) is 0 Å². The highest BCUT2D eigenvalue weighted by Gasteiger charge is 2.04. The van der Waals surface area contributed by atoms with Crippen molar-refractivity contribution in [1.82, 2.24) is 9.97 Å². The molecular weight excluding hydrogens is 338 g/mol. The number of ether oxygens (including phenoxy) is 1. The lowest BCUT2D eigenvalue weighted by atomic mass is 10.3. The summed E-state index contributed by atoms with van der Waals surface area (Å²) in [6, 6.07) is 7.24. The maximum Gasteiger partial charge on any atom is 0.224 e. The van der Waals surface area contributed by atoms with Crippen molar-refractivity contribution < 1.29 is 4.74 Å². The van der Waals surface area contributed by atoms with Crippen LogP contribution >= 0.6 is 31.9 Å². The standard InChI is InChI=1S/C10H7Br2N3O/c11-6-1-2-8(7(12)5-6)16-9-3-4-14-10(13)15-9/h1-5H,(H2,13,14,15). The van der Waals surface area contributed by atoms with Crippen LogP contribution < -0.4 is 10.5 Å². The molecule has 1 heterocycles. The highest BCUT2D eigenvalue weighted by molar-refractivity contribution is 9.11. The van der Waals surface area contributed by atoms with Gasteiger partial charge in [-0.25, -0.2) is 4.98 Å². The number of aromatic nitrogens is 2. The Labute approximate surface area is 109 Å². The van der Waals surface area contributed by atoms with Crippen LogP contribution in [0.1, 0.15) is 0 Å². The largest absolute Gasteiger partial charge is 0.438 e. The summed E-state index contributed by atoms with van der Waals surface area (Å²) in [6.07, 6.45) is 1.55. The van der Waals surface area contributed by atoms with E-state index in [9.17, 15) is 0 Å². The van der Waals surface area contributed by atoms with Crippen molar-refractivity contribution in [2.24, 2.45) is 0 Å². The lowest BCUT2D eigenvalue weighted by Gasteiger charge is -2.06. The van der Waals surface area contributed by atoms with Gasteiger partial charge in [0.05, 0.1) is 4.47 Å². The summed E-state index contributed by atoms with van der Waals surface area (Å²) in [5.41, 5.74) is 5.45. The second kappa shape index (κ2) is 4.80. The van der Waals surface area contributed by atoms with Crippen LogP contribution in [0.3, 0.4) is 0 Å². The van der Waals surface area contributed by atoms with E-state index in [0.29, 0.717) is 11.6 Å². The van der Waals surface area contributed by atoms with E-state index < -0.39 is 0 Å². The Morgan fingerprint density at radius 1 is 1.19 bits per heavy atom. The molecule has 0 atom stereocenters. The summed E-state index contributed by atoms with van der Waals surface area (Å²) in [5, 5.41) is 0. The Bertz CT molecular complexity index is 519. The molecule has 4 nitrogen and oxygen atoms in total. The summed E-state index contributed by atoms with van der Waals surface area (Å²) in [5.74, 6) is 1.27. The fourth-order valence-electron chi connectivity index (χ4n) is 1.08. The van der Waals surface area contributed by atoms with Gasteiger partial charge in [0.25, 0.3) is 0 Å². The zero-order chi connectivity index (χ0) is 11.5. The Hall–Kier alpha value is -1.14. The predicted molar refractivity (Wildman–Crippen MR) is 68.4 cm³/mol. The number of halogens is 2. The second-order valence-electron chi connectivity index (χ2n) is 2.93. The fourth-order valence-corrected chi connectivity index (χ4v) is 2.21. The monoisotopic (exact) mass is 343 g/mol. The third-order valence-electron chi connectivity index (χ3n) is 1.76. The summed E-state index contributed by atoms with van der Waals surface area (Å²) >= 11 is 6.76. The predicted octanol–water partition coefficient (Wildman–Crippen LogP) is 3.38. The Balaban J connectivity index is 2.27. The van der Waals surface area contributed by atoms with Gasteiger partial charge < -0.3 is 10.5 Å². The van der Waals surface area contributed by atoms with Crippen LogP contribution in [0.2, 0.25) is 0 Å². The van der Waals surface area contributed by atoms with Crippen LogP contribution in [0.5, 0.6) is 11.6 Å². The molecule has 0 spiro atoms. The van der Waals surface area contributed by atoms with Crippen molar-refractivity contribution in [2.45, 2.75) is 0 Å². The quantitative estimate of drug-likeness (QED) is 0.907. The molecule has 0 bridgehead atoms. The third-order valence-corrected chi connectivity index (χ3v) is 2.87. The van der Waals surface area contributed by atoms with Crippen molar-refractivity contribution in [3.05, 3.63) is 39.4 Å². The fraction of sp³-hybridized carbons (Fsp3) is 0. The molecule has 0 saturated heterocycles. The SMILES string of the molecule is Nc1nccc(Oc2ccc(Br)cc2Br)n1. The van der Waals surface area contributed by atoms with Crippen molar-refractivity contribution in [3.8, 4) is 11.6 Å². The van der Waals surface area contributed by atoms with E-state index in [1.807, 2.05) is 18.2 Å². The third kappa shape index (κ3) is 2.70. The average molecular weight is 345 g/mol. The second-order valence-corrected chi connectivity index (χ2v) is 4.70. The molecule has 0 aliphatic carbocycles. The minimum atomic E-state index is 0.186. The molecule has 16 heavy (non-hydrogen) atoms. The Morgan fingerprint density at radius 2 is 2.00 bits per heavy atom. The lowest BCUT2D eigenvalue weighted by molar-refractivity contribution is 0.459. The highest BCUT2D eigenvalue weighted by Crippen LogP contribution is 2.31. The molecule has 0 unspecified atom stereocenters. The number of hydrogen-bond acceptors (Lipinski definition) is 4. The Morgan fingerprint density at radius 3 is 2.69 bits per heavy atom. The molecule has 0 amide bonds. The molecule has 1 aromatic heterocycles. The van der Waals surface area contributed by atoms with Gasteiger partial charge in [0.15, 0.2) is 0 Å². The topological polar surface area (TPSA) is 61.0 Å². The number of nitrogens with zero attached hydrogens (tertiary/aromatic N) is 2. The summed E-state index contributed by atoms with van der Waals surface area (Å²) in [4.78, 5) is 7.73. The first-order valence-electron chi connectivity index (χ1n) is 4.36. The number of anilines is 1. The highest BCUT2D eigenvalue weighted by atomic mass is 79.9. The van der Waals surface area contributed by atoms with Gasteiger partial charge >= 0.3 is 0 Å². The zero-order valence-electron chi connectivity index (χ0n) is 8.02. The van der Waals surface area contributed by atoms with E-state index >= 15 is 0 Å². The normalized spacial score (nSPS) is 10.1. The van der Waals surface area contributed by atoms with Gasteiger partial charge in [-0.1, -0.05) is 15.9 Å². The molecule has 1 aromatic carbocycles. The van der Waals surface area contributed by atoms with Crippen molar-refractivity contribution in [3.63, 3.8) is 0 Å². The molecule has 0 fully saturated rings. The molecule has 0 aliphatic rings. The van der Waals surface area contributed by atoms with Crippen LogP contribution in [0.4, 0.5) is 5.95 Å². The minimum absolute atomic E-state index is 0.186. The van der Waals surface area contributed by atoms with Crippen LogP contribution in [0, 0.1) is 0 Å². The van der Waals surface area contributed by atoms with Crippen LogP contribution in [0.15, 0.2) is 39.4 Å². The van der Waals surface area contributed by atoms with Crippen molar-refractivity contribution in [2.75, 3.05) is 5.73 Å². The van der Waals surface area contributed by atoms with Crippen molar-refractivity contribution >= 4 is 37.8 Å². The van der Waals surface area contributed by atoms with Crippen molar-refractivity contribution in [1.29, 1.82) is 0 Å². The molecule has 0 aliphatic heterocycles. The number of nitrogen functional groups attached to an aromatic ring is 1. The first kappa shape index (κ1) is 11.3. The molecule has 0 radical (unpaired) electrons. The molecule has 6 heteroatoms. The average Bonchev–Trinajstić information content (AvgIpc) is 2.22. The zero-order valence-corrected chi connectivity index (χ0v) is 11.2. The van der Waals surface area contributed by atoms with E-state index in [4.69, 9.17) is 10.5 Å². The van der Waals surface area contributed by atoms with Gasteiger partial charge in [0.1, 0.15) is 5.75 Å². The summed E-state index contributed by atoms with van der Waals surface area (Å²) in [6.45, 7) is 0. The first-order chi connectivity index (χ1) is 7.65. The molecule has 2 aromatic rings. The smallest absolute Gasteiger partial charge is 0.224 e. The molecular formula is C10H7Br2N3O. The van der Waals surface area contributed by atoms with Crippen LogP contribution in [-0.2, 0) is 0 Å². The lowest BCUT2D eigenvalue weighted by Crippen LogP contribution is -1.96. The Kier molecular flexibility index (Phi) is 3.40. The molecule has 2 N–H and O–H groups in total. The maximum atomic E-state index is 5.55. The molecule has 0 saturated carbocycles. The number of nitrogens with two attached hydrogens (primary N) is 1. The molecule has 2 rings (SSSR count). The van der Waals surface area contributed by atoms with E-state index in [1.165, 1.54) is 0 Å². The van der Waals surface area contributed by atoms with Gasteiger partial charge in [-0.3, -0.25) is 0 Å². The minimum Gasteiger partial charge on any atom is -0.438 e. The first-order valence-corrected chi connectivity index (χ1v) is 5.95. The van der Waals surface area contributed by atoms with E-state index in [2.05, 4.69) is 41.8 Å².